The van der Waals surface area contributed by atoms with E-state index in [0.717, 1.165) is 0 Å². The quantitative estimate of drug-likeness (QED) is 0.460. The van der Waals surface area contributed by atoms with E-state index in [0.29, 0.717) is 16.7 Å². The number of benzene rings is 1. The summed E-state index contributed by atoms with van der Waals surface area (Å²) in [6.07, 6.45) is 1.57. The summed E-state index contributed by atoms with van der Waals surface area (Å²) in [5.41, 5.74) is 4.29. The Hall–Kier alpha value is -4.27. The topological polar surface area (TPSA) is 192 Å². The first-order valence-electron chi connectivity index (χ1n) is 12.0. The number of amides is 1. The molecule has 2 unspecified atom stereocenters. The second-order valence-corrected chi connectivity index (χ2v) is 10.3. The number of carbonyl (C=O) groups excluding carboxylic acids is 5. The maximum absolute atomic E-state index is 13.8. The fourth-order valence-corrected chi connectivity index (χ4v) is 6.49. The number of ketones is 4. The number of aromatic hydroxyl groups is 1. The summed E-state index contributed by atoms with van der Waals surface area (Å²) in [7, 11) is 3.06. The van der Waals surface area contributed by atoms with Crippen molar-refractivity contribution in [3.8, 4) is 22.9 Å². The van der Waals surface area contributed by atoms with Gasteiger partial charge in [-0.25, -0.2) is 4.98 Å². The van der Waals surface area contributed by atoms with E-state index in [4.69, 9.17) is 11.0 Å². The first-order valence-corrected chi connectivity index (χ1v) is 12.0. The number of nitrogens with two attached hydrogens (primary N) is 1. The Morgan fingerprint density at radius 2 is 1.87 bits per heavy atom. The van der Waals surface area contributed by atoms with Gasteiger partial charge in [0.25, 0.3) is 0 Å². The smallest absolute Gasteiger partial charge is 0.235 e. The number of Topliss-reactive ketones (excluding diaryl/α,β-unsaturated/α-hetero) is 4. The fraction of sp³-hybridized carbons (Fsp3) is 0.370. The summed E-state index contributed by atoms with van der Waals surface area (Å²) in [4.78, 5) is 71.6. The summed E-state index contributed by atoms with van der Waals surface area (Å²) < 4.78 is 0. The van der Waals surface area contributed by atoms with Crippen LogP contribution in [0.4, 0.5) is 0 Å². The lowest BCUT2D eigenvalue weighted by molar-refractivity contribution is -0.181. The third kappa shape index (κ3) is 3.34. The summed E-state index contributed by atoms with van der Waals surface area (Å²) in [6.45, 7) is 0. The minimum absolute atomic E-state index is 0.0371. The van der Waals surface area contributed by atoms with Crippen molar-refractivity contribution in [2.45, 2.75) is 24.5 Å². The lowest BCUT2D eigenvalue weighted by Crippen LogP contribution is -2.74. The molecule has 38 heavy (non-hydrogen) atoms. The number of nitrogens with zero attached hydrogens (tertiary/aromatic N) is 3. The zero-order valence-electron chi connectivity index (χ0n) is 20.5. The Balaban J connectivity index is 1.65. The highest BCUT2D eigenvalue weighted by molar-refractivity contribution is 6.32. The van der Waals surface area contributed by atoms with Crippen LogP contribution in [0.5, 0.6) is 5.75 Å². The molecule has 1 aromatic carbocycles. The van der Waals surface area contributed by atoms with Gasteiger partial charge in [0.15, 0.2) is 34.7 Å². The number of nitriles is 1. The van der Waals surface area contributed by atoms with Gasteiger partial charge in [0.05, 0.1) is 17.5 Å². The van der Waals surface area contributed by atoms with Crippen molar-refractivity contribution in [3.63, 3.8) is 0 Å². The Morgan fingerprint density at radius 3 is 2.45 bits per heavy atom. The molecule has 2 saturated carbocycles. The van der Waals surface area contributed by atoms with Gasteiger partial charge in [-0.3, -0.25) is 28.9 Å². The Kier molecular flexibility index (Phi) is 5.78. The lowest BCUT2D eigenvalue weighted by atomic mass is 9.52. The van der Waals surface area contributed by atoms with Gasteiger partial charge < -0.3 is 15.9 Å². The normalized spacial score (nSPS) is 30.3. The van der Waals surface area contributed by atoms with Crippen molar-refractivity contribution >= 4 is 29.0 Å². The molecule has 11 heteroatoms. The lowest BCUT2D eigenvalue weighted by Gasteiger charge is -2.52. The number of primary amides is 1. The number of hydrogen-bond acceptors (Lipinski definition) is 10. The molecule has 3 aliphatic carbocycles. The summed E-state index contributed by atoms with van der Waals surface area (Å²) in [5, 5.41) is 31.3. The summed E-state index contributed by atoms with van der Waals surface area (Å²) in [6, 6.07) is 6.86. The van der Waals surface area contributed by atoms with E-state index < -0.39 is 64.4 Å². The van der Waals surface area contributed by atoms with Crippen LogP contribution in [0.25, 0.3) is 11.1 Å². The standard InChI is InChI=1S/C27H24N4O7/c1-31(2)21-16-8-12-7-15-14(11-3-4-13(9-28)30-10-11)5-6-17(32)19(15)22(33)18(12)24(35)27(16,38)25(36)20(23(21)34)26(29)37/h3-6,10,12,16,18,20-21,32,38H,7-8H2,1-2H3,(H2,29,37)/t12-,16-,18?,20?,21-,27-/m0/s1. The van der Waals surface area contributed by atoms with Crippen molar-refractivity contribution in [3.05, 3.63) is 47.3 Å². The molecular formula is C27H24N4O7. The third-order valence-electron chi connectivity index (χ3n) is 8.13. The van der Waals surface area contributed by atoms with Crippen LogP contribution in [-0.4, -0.2) is 74.9 Å². The van der Waals surface area contributed by atoms with Crippen molar-refractivity contribution in [1.82, 2.24) is 9.88 Å². The maximum Gasteiger partial charge on any atom is 0.235 e. The molecule has 0 spiro atoms. The molecule has 6 atom stereocenters. The van der Waals surface area contributed by atoms with Crippen molar-refractivity contribution in [1.29, 1.82) is 5.26 Å². The molecule has 5 rings (SSSR count). The van der Waals surface area contributed by atoms with Gasteiger partial charge in [-0.1, -0.05) is 6.07 Å². The van der Waals surface area contributed by atoms with E-state index >= 15 is 0 Å². The largest absolute Gasteiger partial charge is 0.507 e. The highest BCUT2D eigenvalue weighted by Crippen LogP contribution is 2.51. The molecule has 1 amide bonds. The van der Waals surface area contributed by atoms with E-state index in [-0.39, 0.29) is 29.8 Å². The average Bonchev–Trinajstić information content (AvgIpc) is 2.86. The van der Waals surface area contributed by atoms with Gasteiger partial charge in [-0.05, 0) is 62.2 Å². The number of carbonyl (C=O) groups is 5. The molecule has 0 bridgehead atoms. The number of likely N-dealkylation sites (N-methyl/N-ethyl adjacent to an activating group) is 1. The third-order valence-corrected chi connectivity index (χ3v) is 8.13. The van der Waals surface area contributed by atoms with Crippen molar-refractivity contribution < 1.29 is 34.2 Å². The van der Waals surface area contributed by atoms with Crippen LogP contribution in [0.15, 0.2) is 30.5 Å². The second kappa shape index (κ2) is 8.65. The van der Waals surface area contributed by atoms with Gasteiger partial charge >= 0.3 is 0 Å². The maximum atomic E-state index is 13.8. The SMILES string of the molecule is CN(C)[C@@H]1C(=O)C(C(N)=O)C(=O)[C@@]2(O)C(=O)C3C(=O)c4c(O)ccc(-c5ccc(C#N)nc5)c4C[C@H]3C[C@@H]12. The predicted octanol–water partition coefficient (Wildman–Crippen LogP) is -0.199. The summed E-state index contributed by atoms with van der Waals surface area (Å²) in [5.74, 6) is -10.9. The molecular weight excluding hydrogens is 492 g/mol. The van der Waals surface area contributed by atoms with E-state index in [1.807, 2.05) is 6.07 Å². The van der Waals surface area contributed by atoms with E-state index in [1.54, 1.807) is 12.1 Å². The molecule has 1 heterocycles. The van der Waals surface area contributed by atoms with Crippen molar-refractivity contribution in [2.24, 2.45) is 29.4 Å². The zero-order valence-corrected chi connectivity index (χ0v) is 20.5. The summed E-state index contributed by atoms with van der Waals surface area (Å²) >= 11 is 0. The van der Waals surface area contributed by atoms with Crippen LogP contribution in [0, 0.1) is 35.0 Å². The molecule has 0 aliphatic heterocycles. The minimum Gasteiger partial charge on any atom is -0.507 e. The number of fused-ring (bicyclic) bond motifs is 3. The average molecular weight is 517 g/mol. The molecule has 194 valence electrons. The molecule has 2 fully saturated rings. The molecule has 1 aromatic heterocycles. The van der Waals surface area contributed by atoms with Crippen LogP contribution in [0.1, 0.15) is 28.0 Å². The number of hydrogen-bond donors (Lipinski definition) is 3. The van der Waals surface area contributed by atoms with E-state index in [2.05, 4.69) is 4.98 Å². The number of pyridine rings is 1. The Bertz CT molecular complexity index is 1480. The first kappa shape index (κ1) is 25.4. The van der Waals surface area contributed by atoms with E-state index in [1.165, 1.54) is 37.3 Å². The highest BCUT2D eigenvalue weighted by Gasteiger charge is 2.69. The van der Waals surface area contributed by atoms with Gasteiger partial charge in [-0.2, -0.15) is 5.26 Å². The number of phenols is 1. The Morgan fingerprint density at radius 1 is 1.16 bits per heavy atom. The fourth-order valence-electron chi connectivity index (χ4n) is 6.49. The highest BCUT2D eigenvalue weighted by atomic mass is 16.3. The van der Waals surface area contributed by atoms with Crippen molar-refractivity contribution in [2.75, 3.05) is 14.1 Å². The zero-order chi connectivity index (χ0) is 27.7. The Labute approximate surface area is 216 Å². The second-order valence-electron chi connectivity index (χ2n) is 10.3. The molecule has 3 aliphatic rings. The number of aliphatic hydroxyl groups is 1. The van der Waals surface area contributed by atoms with Crippen LogP contribution in [-0.2, 0) is 25.6 Å². The van der Waals surface area contributed by atoms with Gasteiger partial charge in [0.2, 0.25) is 5.91 Å². The number of aromatic nitrogens is 1. The van der Waals surface area contributed by atoms with Gasteiger partial charge in [-0.15, -0.1) is 0 Å². The van der Waals surface area contributed by atoms with E-state index in [9.17, 15) is 34.2 Å². The molecule has 11 nitrogen and oxygen atoms in total. The molecule has 0 saturated heterocycles. The molecule has 0 radical (unpaired) electrons. The van der Waals surface area contributed by atoms with Gasteiger partial charge in [0, 0.05) is 17.7 Å². The number of phenolic OH excluding ortho intramolecular Hbond substituents is 1. The first-order chi connectivity index (χ1) is 17.9. The van der Waals surface area contributed by atoms with Gasteiger partial charge in [0.1, 0.15) is 17.5 Å². The predicted molar refractivity (Wildman–Crippen MR) is 129 cm³/mol. The molecule has 2 aromatic rings. The van der Waals surface area contributed by atoms with Crippen LogP contribution >= 0.6 is 0 Å². The number of rotatable bonds is 3. The minimum atomic E-state index is -2.76. The van der Waals surface area contributed by atoms with Crippen LogP contribution < -0.4 is 5.73 Å². The van der Waals surface area contributed by atoms with Crippen LogP contribution in [0.2, 0.25) is 0 Å². The monoisotopic (exact) mass is 516 g/mol. The van der Waals surface area contributed by atoms with Crippen LogP contribution in [0.3, 0.4) is 0 Å². The molecule has 4 N–H and O–H groups in total.